The van der Waals surface area contributed by atoms with Crippen molar-refractivity contribution < 1.29 is 4.79 Å². The minimum Gasteiger partial charge on any atom is -0.325 e. The van der Waals surface area contributed by atoms with E-state index in [2.05, 4.69) is 10.4 Å². The first kappa shape index (κ1) is 18.1. The van der Waals surface area contributed by atoms with Crippen molar-refractivity contribution in [3.05, 3.63) is 65.4 Å². The molecule has 0 aliphatic heterocycles. The van der Waals surface area contributed by atoms with Crippen molar-refractivity contribution >= 4 is 35.0 Å². The zero-order chi connectivity index (χ0) is 18.8. The molecule has 0 bridgehead atoms. The molecule has 1 unspecified atom stereocenters. The van der Waals surface area contributed by atoms with E-state index < -0.39 is 0 Å². The Labute approximate surface area is 167 Å². The predicted molar refractivity (Wildman–Crippen MR) is 109 cm³/mol. The van der Waals surface area contributed by atoms with Crippen LogP contribution in [-0.2, 0) is 4.79 Å². The molecule has 1 N–H and O–H groups in total. The van der Waals surface area contributed by atoms with Crippen LogP contribution < -0.4 is 5.32 Å². The summed E-state index contributed by atoms with van der Waals surface area (Å²) in [5.74, 6) is 1.33. The van der Waals surface area contributed by atoms with E-state index in [1.165, 1.54) is 11.8 Å². The van der Waals surface area contributed by atoms with Crippen molar-refractivity contribution in [3.63, 3.8) is 0 Å². The number of amides is 1. The second-order valence-electron chi connectivity index (χ2n) is 6.53. The molecule has 4 rings (SSSR count). The first-order chi connectivity index (χ1) is 13.1. The summed E-state index contributed by atoms with van der Waals surface area (Å²) in [7, 11) is 0. The van der Waals surface area contributed by atoms with Gasteiger partial charge in [0.05, 0.1) is 10.9 Å². The Bertz CT molecular complexity index is 956. The molecule has 0 spiro atoms. The summed E-state index contributed by atoms with van der Waals surface area (Å²) in [5.41, 5.74) is 1.68. The third kappa shape index (κ3) is 4.34. The zero-order valence-electron chi connectivity index (χ0n) is 14.8. The van der Waals surface area contributed by atoms with E-state index in [9.17, 15) is 4.79 Å². The van der Waals surface area contributed by atoms with Crippen molar-refractivity contribution in [1.82, 2.24) is 14.8 Å². The smallest absolute Gasteiger partial charge is 0.237 e. The SMILES string of the molecule is CC(Sc1nc(C2CC2)n(-c2ccccc2)n1)C(=O)Nc1cccc(Cl)c1. The van der Waals surface area contributed by atoms with Crippen LogP contribution in [0.15, 0.2) is 59.8 Å². The summed E-state index contributed by atoms with van der Waals surface area (Å²) in [6, 6.07) is 17.1. The van der Waals surface area contributed by atoms with Gasteiger partial charge in [0, 0.05) is 16.6 Å². The lowest BCUT2D eigenvalue weighted by Gasteiger charge is -2.10. The number of rotatable bonds is 6. The van der Waals surface area contributed by atoms with Gasteiger partial charge in [-0.1, -0.05) is 47.6 Å². The zero-order valence-corrected chi connectivity index (χ0v) is 16.4. The molecule has 1 atom stereocenters. The summed E-state index contributed by atoms with van der Waals surface area (Å²) in [5, 5.41) is 8.41. The maximum absolute atomic E-state index is 12.5. The molecular weight excluding hydrogens is 380 g/mol. The molecule has 1 heterocycles. The lowest BCUT2D eigenvalue weighted by Crippen LogP contribution is -2.22. The number of hydrogen-bond donors (Lipinski definition) is 1. The predicted octanol–water partition coefficient (Wildman–Crippen LogP) is 4.92. The largest absolute Gasteiger partial charge is 0.325 e. The lowest BCUT2D eigenvalue weighted by atomic mass is 10.3. The molecule has 1 aliphatic rings. The van der Waals surface area contributed by atoms with Crippen LogP contribution in [0.5, 0.6) is 0 Å². The van der Waals surface area contributed by atoms with E-state index in [1.807, 2.05) is 48.0 Å². The number of hydrogen-bond acceptors (Lipinski definition) is 4. The van der Waals surface area contributed by atoms with Gasteiger partial charge in [-0.3, -0.25) is 4.79 Å². The average Bonchev–Trinajstić information content (AvgIpc) is 3.43. The fourth-order valence-electron chi connectivity index (χ4n) is 2.74. The second kappa shape index (κ2) is 7.74. The van der Waals surface area contributed by atoms with E-state index in [-0.39, 0.29) is 11.2 Å². The molecule has 2 aromatic carbocycles. The Morgan fingerprint density at radius 2 is 2.00 bits per heavy atom. The van der Waals surface area contributed by atoms with Crippen molar-refractivity contribution in [2.24, 2.45) is 0 Å². The van der Waals surface area contributed by atoms with Crippen LogP contribution in [0.4, 0.5) is 5.69 Å². The monoisotopic (exact) mass is 398 g/mol. The number of carbonyl (C=O) groups excluding carboxylic acids is 1. The number of carbonyl (C=O) groups is 1. The van der Waals surface area contributed by atoms with Gasteiger partial charge in [-0.05, 0) is 50.1 Å². The standard InChI is InChI=1S/C20H19ClN4OS/c1-13(19(26)22-16-7-5-6-15(21)12-16)27-20-23-18(14-10-11-14)25(24-20)17-8-3-2-4-9-17/h2-9,12-14H,10-11H2,1H3,(H,22,26). The Kier molecular flexibility index (Phi) is 5.18. The number of nitrogens with one attached hydrogen (secondary N) is 1. The van der Waals surface area contributed by atoms with Crippen LogP contribution in [-0.4, -0.2) is 25.9 Å². The van der Waals surface area contributed by atoms with E-state index in [4.69, 9.17) is 16.6 Å². The number of anilines is 1. The highest BCUT2D eigenvalue weighted by Gasteiger charge is 2.31. The topological polar surface area (TPSA) is 59.8 Å². The second-order valence-corrected chi connectivity index (χ2v) is 8.28. The molecule has 7 heteroatoms. The number of benzene rings is 2. The normalized spacial score (nSPS) is 14.7. The lowest BCUT2D eigenvalue weighted by molar-refractivity contribution is -0.115. The molecule has 1 aliphatic carbocycles. The van der Waals surface area contributed by atoms with Gasteiger partial charge in [-0.25, -0.2) is 9.67 Å². The van der Waals surface area contributed by atoms with Gasteiger partial charge in [0.2, 0.25) is 11.1 Å². The summed E-state index contributed by atoms with van der Waals surface area (Å²) >= 11 is 7.33. The van der Waals surface area contributed by atoms with Crippen molar-refractivity contribution in [2.75, 3.05) is 5.32 Å². The van der Waals surface area contributed by atoms with Gasteiger partial charge in [-0.2, -0.15) is 0 Å². The number of nitrogens with zero attached hydrogens (tertiary/aromatic N) is 3. The van der Waals surface area contributed by atoms with Crippen molar-refractivity contribution in [3.8, 4) is 5.69 Å². The fraction of sp³-hybridized carbons (Fsp3) is 0.250. The highest BCUT2D eigenvalue weighted by molar-refractivity contribution is 8.00. The summed E-state index contributed by atoms with van der Waals surface area (Å²) < 4.78 is 1.90. The summed E-state index contributed by atoms with van der Waals surface area (Å²) in [6.07, 6.45) is 2.28. The van der Waals surface area contributed by atoms with Crippen LogP contribution in [0.3, 0.4) is 0 Å². The summed E-state index contributed by atoms with van der Waals surface area (Å²) in [4.78, 5) is 17.2. The maximum atomic E-state index is 12.5. The Hall–Kier alpha value is -2.31. The van der Waals surface area contributed by atoms with Gasteiger partial charge < -0.3 is 5.32 Å². The molecule has 1 saturated carbocycles. The van der Waals surface area contributed by atoms with Crippen LogP contribution in [0.25, 0.3) is 5.69 Å². The number of aromatic nitrogens is 3. The molecule has 1 aromatic heterocycles. The average molecular weight is 399 g/mol. The van der Waals surface area contributed by atoms with Crippen LogP contribution in [0.1, 0.15) is 31.5 Å². The van der Waals surface area contributed by atoms with Gasteiger partial charge in [-0.15, -0.1) is 5.10 Å². The number of halogens is 1. The molecule has 138 valence electrons. The molecule has 3 aromatic rings. The fourth-order valence-corrected chi connectivity index (χ4v) is 3.69. The van der Waals surface area contributed by atoms with E-state index in [0.717, 1.165) is 24.4 Å². The Morgan fingerprint density at radius 3 is 2.70 bits per heavy atom. The Morgan fingerprint density at radius 1 is 1.22 bits per heavy atom. The van der Waals surface area contributed by atoms with Gasteiger partial charge in [0.1, 0.15) is 5.82 Å². The first-order valence-corrected chi connectivity index (χ1v) is 10.1. The third-order valence-electron chi connectivity index (χ3n) is 4.30. The Balaban J connectivity index is 1.49. The molecule has 1 fully saturated rings. The molecule has 5 nitrogen and oxygen atoms in total. The van der Waals surface area contributed by atoms with Crippen molar-refractivity contribution in [2.45, 2.75) is 36.1 Å². The van der Waals surface area contributed by atoms with Gasteiger partial charge in [0.25, 0.3) is 0 Å². The van der Waals surface area contributed by atoms with Crippen LogP contribution >= 0.6 is 23.4 Å². The molecule has 0 radical (unpaired) electrons. The van der Waals surface area contributed by atoms with Gasteiger partial charge >= 0.3 is 0 Å². The molecular formula is C20H19ClN4OS. The highest BCUT2D eigenvalue weighted by Crippen LogP contribution is 2.40. The van der Waals surface area contributed by atoms with E-state index >= 15 is 0 Å². The third-order valence-corrected chi connectivity index (χ3v) is 5.49. The van der Waals surface area contributed by atoms with Gasteiger partial charge in [0.15, 0.2) is 0 Å². The molecule has 0 saturated heterocycles. The minimum atomic E-state index is -0.331. The van der Waals surface area contributed by atoms with Crippen LogP contribution in [0, 0.1) is 0 Å². The van der Waals surface area contributed by atoms with Crippen molar-refractivity contribution in [1.29, 1.82) is 0 Å². The number of thioether (sulfide) groups is 1. The first-order valence-electron chi connectivity index (χ1n) is 8.85. The molecule has 27 heavy (non-hydrogen) atoms. The summed E-state index contributed by atoms with van der Waals surface area (Å²) in [6.45, 7) is 1.85. The van der Waals surface area contributed by atoms with E-state index in [0.29, 0.717) is 21.8 Å². The quantitative estimate of drug-likeness (QED) is 0.599. The van der Waals surface area contributed by atoms with E-state index in [1.54, 1.807) is 18.2 Å². The highest BCUT2D eigenvalue weighted by atomic mass is 35.5. The van der Waals surface area contributed by atoms with Crippen LogP contribution in [0.2, 0.25) is 5.02 Å². The minimum absolute atomic E-state index is 0.105. The number of para-hydroxylation sites is 1. The maximum Gasteiger partial charge on any atom is 0.237 e. The molecule has 1 amide bonds.